The van der Waals surface area contributed by atoms with Gasteiger partial charge in [-0.1, -0.05) is 30.3 Å². The van der Waals surface area contributed by atoms with Crippen LogP contribution in [0.3, 0.4) is 0 Å². The standard InChI is InChI=1S/C23H20N6OS/c1-30-13-19-27-22(21-18(14-31-23(21)28-19)17-5-3-2-4-6-17)26-12-16-7-8-25-20(11-16)29-10-9-24-15-29/h2-11,14-15H,12-13H2,1H3,(H,26,27,28). The quantitative estimate of drug-likeness (QED) is 0.405. The lowest BCUT2D eigenvalue weighted by Crippen LogP contribution is -2.07. The normalized spacial score (nSPS) is 11.1. The topological polar surface area (TPSA) is 77.8 Å². The molecule has 0 radical (unpaired) electrons. The Morgan fingerprint density at radius 1 is 1.10 bits per heavy atom. The van der Waals surface area contributed by atoms with E-state index >= 15 is 0 Å². The van der Waals surface area contributed by atoms with E-state index in [1.165, 1.54) is 0 Å². The van der Waals surface area contributed by atoms with Gasteiger partial charge in [-0.15, -0.1) is 11.3 Å². The molecule has 5 aromatic rings. The highest BCUT2D eigenvalue weighted by atomic mass is 32.1. The zero-order chi connectivity index (χ0) is 21.0. The maximum absolute atomic E-state index is 5.28. The van der Waals surface area contributed by atoms with Gasteiger partial charge in [0.1, 0.15) is 29.4 Å². The Bertz CT molecular complexity index is 1300. The number of rotatable bonds is 7. The summed E-state index contributed by atoms with van der Waals surface area (Å²) in [4.78, 5) is 18.9. The second-order valence-corrected chi connectivity index (χ2v) is 7.82. The van der Waals surface area contributed by atoms with E-state index in [1.54, 1.807) is 37.2 Å². The van der Waals surface area contributed by atoms with Gasteiger partial charge in [-0.3, -0.25) is 4.57 Å². The number of hydrogen-bond acceptors (Lipinski definition) is 7. The first-order valence-electron chi connectivity index (χ1n) is 9.81. The van der Waals surface area contributed by atoms with Crippen LogP contribution in [0.2, 0.25) is 0 Å². The summed E-state index contributed by atoms with van der Waals surface area (Å²) in [7, 11) is 1.65. The van der Waals surface area contributed by atoms with Crippen molar-refractivity contribution in [3.63, 3.8) is 0 Å². The highest BCUT2D eigenvalue weighted by Gasteiger charge is 2.15. The molecule has 7 nitrogen and oxygen atoms in total. The molecule has 0 fully saturated rings. The molecule has 1 N–H and O–H groups in total. The molecule has 0 atom stereocenters. The molecule has 31 heavy (non-hydrogen) atoms. The van der Waals surface area contributed by atoms with Crippen LogP contribution in [0.1, 0.15) is 11.4 Å². The summed E-state index contributed by atoms with van der Waals surface area (Å²) in [6, 6.07) is 14.3. The molecule has 1 aromatic carbocycles. The van der Waals surface area contributed by atoms with Gasteiger partial charge in [0, 0.05) is 43.2 Å². The zero-order valence-electron chi connectivity index (χ0n) is 16.9. The first-order chi connectivity index (χ1) is 15.3. The van der Waals surface area contributed by atoms with Gasteiger partial charge in [0.2, 0.25) is 0 Å². The molecule has 0 bridgehead atoms. The molecular formula is C23H20N6OS. The van der Waals surface area contributed by atoms with Crippen molar-refractivity contribution in [2.75, 3.05) is 12.4 Å². The van der Waals surface area contributed by atoms with Gasteiger partial charge in [0.15, 0.2) is 5.82 Å². The average molecular weight is 429 g/mol. The van der Waals surface area contributed by atoms with Gasteiger partial charge in [-0.2, -0.15) is 0 Å². The second-order valence-electron chi connectivity index (χ2n) is 6.96. The minimum atomic E-state index is 0.364. The molecule has 0 spiro atoms. The van der Waals surface area contributed by atoms with Gasteiger partial charge in [0.25, 0.3) is 0 Å². The highest BCUT2D eigenvalue weighted by molar-refractivity contribution is 7.17. The van der Waals surface area contributed by atoms with Crippen LogP contribution in [-0.2, 0) is 17.9 Å². The fourth-order valence-electron chi connectivity index (χ4n) is 3.43. The Kier molecular flexibility index (Phi) is 5.39. The molecule has 4 aromatic heterocycles. The number of imidazole rings is 1. The predicted octanol–water partition coefficient (Wildman–Crippen LogP) is 4.70. The van der Waals surface area contributed by atoms with Crippen molar-refractivity contribution < 1.29 is 4.74 Å². The minimum absolute atomic E-state index is 0.364. The number of nitrogens with zero attached hydrogens (tertiary/aromatic N) is 5. The van der Waals surface area contributed by atoms with E-state index in [2.05, 4.69) is 32.8 Å². The fourth-order valence-corrected chi connectivity index (χ4v) is 4.40. The van der Waals surface area contributed by atoms with Gasteiger partial charge in [-0.05, 0) is 23.3 Å². The third kappa shape index (κ3) is 4.03. The summed E-state index contributed by atoms with van der Waals surface area (Å²) in [6.07, 6.45) is 7.16. The molecule has 5 rings (SSSR count). The van der Waals surface area contributed by atoms with Crippen LogP contribution in [0.25, 0.3) is 27.2 Å². The predicted molar refractivity (Wildman–Crippen MR) is 122 cm³/mol. The van der Waals surface area contributed by atoms with Gasteiger partial charge in [-0.25, -0.2) is 19.9 Å². The van der Waals surface area contributed by atoms with Crippen molar-refractivity contribution in [1.29, 1.82) is 0 Å². The Hall–Kier alpha value is -3.62. The van der Waals surface area contributed by atoms with E-state index in [-0.39, 0.29) is 0 Å². The van der Waals surface area contributed by atoms with Gasteiger partial charge in [0.05, 0.1) is 5.39 Å². The molecule has 8 heteroatoms. The molecule has 0 aliphatic rings. The molecule has 0 unspecified atom stereocenters. The Morgan fingerprint density at radius 3 is 2.81 bits per heavy atom. The fraction of sp³-hybridized carbons (Fsp3) is 0.130. The number of anilines is 1. The first kappa shape index (κ1) is 19.3. The summed E-state index contributed by atoms with van der Waals surface area (Å²) in [5.74, 6) is 2.29. The first-order valence-corrected chi connectivity index (χ1v) is 10.7. The summed E-state index contributed by atoms with van der Waals surface area (Å²) in [6.45, 7) is 0.968. The molecule has 0 aliphatic heterocycles. The van der Waals surface area contributed by atoms with Crippen LogP contribution in [0, 0.1) is 0 Å². The summed E-state index contributed by atoms with van der Waals surface area (Å²) in [5.41, 5.74) is 3.36. The lowest BCUT2D eigenvalue weighted by molar-refractivity contribution is 0.178. The number of fused-ring (bicyclic) bond motifs is 1. The maximum Gasteiger partial charge on any atom is 0.158 e. The molecule has 0 saturated carbocycles. The summed E-state index contributed by atoms with van der Waals surface area (Å²) < 4.78 is 7.16. The number of ether oxygens (including phenoxy) is 1. The van der Waals surface area contributed by atoms with Crippen molar-refractivity contribution in [2.24, 2.45) is 0 Å². The number of hydrogen-bond donors (Lipinski definition) is 1. The highest BCUT2D eigenvalue weighted by Crippen LogP contribution is 2.37. The van der Waals surface area contributed by atoms with Gasteiger partial charge >= 0.3 is 0 Å². The second kappa shape index (κ2) is 8.63. The van der Waals surface area contributed by atoms with E-state index < -0.39 is 0 Å². The smallest absolute Gasteiger partial charge is 0.158 e. The Morgan fingerprint density at radius 2 is 2.00 bits per heavy atom. The maximum atomic E-state index is 5.28. The molecular weight excluding hydrogens is 408 g/mol. The number of nitrogens with one attached hydrogen (secondary N) is 1. The van der Waals surface area contributed by atoms with Crippen molar-refractivity contribution in [3.8, 4) is 16.9 Å². The lowest BCUT2D eigenvalue weighted by atomic mass is 10.1. The zero-order valence-corrected chi connectivity index (χ0v) is 17.7. The number of methoxy groups -OCH3 is 1. The summed E-state index contributed by atoms with van der Waals surface area (Å²) in [5, 5.41) is 6.69. The lowest BCUT2D eigenvalue weighted by Gasteiger charge is -2.11. The molecule has 0 aliphatic carbocycles. The number of aromatic nitrogens is 5. The summed E-state index contributed by atoms with van der Waals surface area (Å²) >= 11 is 1.62. The van der Waals surface area contributed by atoms with Crippen LogP contribution in [0.5, 0.6) is 0 Å². The van der Waals surface area contributed by atoms with Crippen molar-refractivity contribution in [2.45, 2.75) is 13.2 Å². The Labute approximate surface area is 183 Å². The van der Waals surface area contributed by atoms with Gasteiger partial charge < -0.3 is 10.1 Å². The van der Waals surface area contributed by atoms with Crippen molar-refractivity contribution >= 4 is 27.4 Å². The van der Waals surface area contributed by atoms with Crippen LogP contribution >= 0.6 is 11.3 Å². The largest absolute Gasteiger partial charge is 0.377 e. The average Bonchev–Trinajstić information content (AvgIpc) is 3.49. The van der Waals surface area contributed by atoms with Crippen LogP contribution in [-0.4, -0.2) is 31.6 Å². The van der Waals surface area contributed by atoms with Crippen LogP contribution in [0.15, 0.2) is 72.8 Å². The third-order valence-electron chi connectivity index (χ3n) is 4.88. The number of pyridine rings is 1. The number of thiophene rings is 1. The SMILES string of the molecule is COCc1nc(NCc2ccnc(-n3ccnc3)c2)c2c(-c3ccccc3)csc2n1. The van der Waals surface area contributed by atoms with Crippen molar-refractivity contribution in [3.05, 3.63) is 84.2 Å². The monoisotopic (exact) mass is 428 g/mol. The van der Waals surface area contributed by atoms with Crippen LogP contribution < -0.4 is 5.32 Å². The van der Waals surface area contributed by atoms with E-state index in [0.717, 1.165) is 38.5 Å². The molecule has 4 heterocycles. The van der Waals surface area contributed by atoms with E-state index in [9.17, 15) is 0 Å². The molecule has 154 valence electrons. The van der Waals surface area contributed by atoms with E-state index in [4.69, 9.17) is 14.7 Å². The molecule has 0 saturated heterocycles. The number of benzene rings is 1. The minimum Gasteiger partial charge on any atom is -0.377 e. The van der Waals surface area contributed by atoms with Crippen LogP contribution in [0.4, 0.5) is 5.82 Å². The van der Waals surface area contributed by atoms with E-state index in [0.29, 0.717) is 19.0 Å². The third-order valence-corrected chi connectivity index (χ3v) is 5.75. The van der Waals surface area contributed by atoms with E-state index in [1.807, 2.05) is 41.1 Å². The van der Waals surface area contributed by atoms with Crippen molar-refractivity contribution in [1.82, 2.24) is 24.5 Å². The molecule has 0 amide bonds. The Balaban J connectivity index is 1.51.